The fourth-order valence-electron chi connectivity index (χ4n) is 9.30. The Morgan fingerprint density at radius 2 is 1.60 bits per heavy atom. The van der Waals surface area contributed by atoms with Crippen LogP contribution >= 0.6 is 0 Å². The first-order valence-electron chi connectivity index (χ1n) is 20.4. The minimum atomic E-state index is -0.157. The zero-order valence-corrected chi connectivity index (χ0v) is 32.7. The maximum atomic E-state index is 15.3. The number of carbonyl (C=O) groups excluding carboxylic acids is 2. The molecule has 2 amide bonds. The molecule has 1 saturated heterocycles. The van der Waals surface area contributed by atoms with Crippen molar-refractivity contribution < 1.29 is 28.9 Å². The van der Waals surface area contributed by atoms with Crippen molar-refractivity contribution in [2.45, 2.75) is 51.4 Å². The van der Waals surface area contributed by atoms with E-state index in [1.54, 1.807) is 4.90 Å². The molecule has 4 aromatic carbocycles. The number of carbonyl (C=O) groups is 2. The van der Waals surface area contributed by atoms with Crippen LogP contribution in [-0.4, -0.2) is 81.5 Å². The number of aryl methyl sites for hydroxylation is 1. The van der Waals surface area contributed by atoms with Crippen molar-refractivity contribution in [1.82, 2.24) is 18.9 Å². The number of fused-ring (bicyclic) bond motifs is 4. The molecule has 0 aliphatic carbocycles. The topological polar surface area (TPSA) is 102 Å². The van der Waals surface area contributed by atoms with E-state index in [-0.39, 0.29) is 31.3 Å². The van der Waals surface area contributed by atoms with Gasteiger partial charge >= 0.3 is 0 Å². The summed E-state index contributed by atoms with van der Waals surface area (Å²) in [5.74, 6) is 0.906. The largest absolute Gasteiger partial charge is 0.454 e. The summed E-state index contributed by atoms with van der Waals surface area (Å²) < 4.78 is 21.8. The van der Waals surface area contributed by atoms with Gasteiger partial charge in [0.2, 0.25) is 6.79 Å². The highest BCUT2D eigenvalue weighted by Crippen LogP contribution is 2.43. The van der Waals surface area contributed by atoms with Crippen molar-refractivity contribution in [2.75, 3.05) is 44.5 Å². The van der Waals surface area contributed by atoms with Gasteiger partial charge in [0, 0.05) is 91.2 Å². The maximum Gasteiger partial charge on any atom is 0.264 e. The van der Waals surface area contributed by atoms with E-state index in [4.69, 9.17) is 14.2 Å². The molecule has 1 atom stereocenters. The van der Waals surface area contributed by atoms with E-state index < -0.39 is 0 Å². The highest BCUT2D eigenvalue weighted by molar-refractivity contribution is 6.13. The van der Waals surface area contributed by atoms with Gasteiger partial charge in [0.25, 0.3) is 11.8 Å². The molecule has 0 saturated carbocycles. The van der Waals surface area contributed by atoms with Crippen LogP contribution in [0.4, 0.5) is 11.4 Å². The highest BCUT2D eigenvalue weighted by atomic mass is 16.7. The number of hydrogen-bond donors (Lipinski definition) is 1. The van der Waals surface area contributed by atoms with Crippen LogP contribution in [0.25, 0.3) is 22.2 Å². The monoisotopic (exact) mass is 777 g/mol. The van der Waals surface area contributed by atoms with Crippen molar-refractivity contribution in [3.63, 3.8) is 0 Å². The Hall–Kier alpha value is -5.88. The van der Waals surface area contributed by atoms with Crippen LogP contribution in [0.1, 0.15) is 55.9 Å². The number of amides is 2. The average molecular weight is 778 g/mol. The van der Waals surface area contributed by atoms with E-state index >= 15 is 9.59 Å². The molecule has 296 valence electrons. The average Bonchev–Trinajstić information content (AvgIpc) is 4.00. The molecule has 6 aromatic rings. The number of rotatable bonds is 8. The van der Waals surface area contributed by atoms with Crippen LogP contribution in [0.15, 0.2) is 97.2 Å². The third-order valence-electron chi connectivity index (χ3n) is 12.4. The molecule has 0 radical (unpaired) electrons. The zero-order chi connectivity index (χ0) is 39.3. The Balaban J connectivity index is 1.09. The van der Waals surface area contributed by atoms with Crippen LogP contribution in [0.5, 0.6) is 11.5 Å². The lowest BCUT2D eigenvalue weighted by atomic mass is 9.92. The molecule has 6 heterocycles. The molecule has 11 nitrogen and oxygen atoms in total. The molecule has 0 unspecified atom stereocenters. The van der Waals surface area contributed by atoms with E-state index in [1.165, 1.54) is 5.56 Å². The van der Waals surface area contributed by atoms with Gasteiger partial charge in [-0.3, -0.25) is 19.4 Å². The Morgan fingerprint density at radius 1 is 0.828 bits per heavy atom. The van der Waals surface area contributed by atoms with Crippen molar-refractivity contribution in [3.8, 4) is 22.8 Å². The van der Waals surface area contributed by atoms with Gasteiger partial charge in [0.15, 0.2) is 11.5 Å². The van der Waals surface area contributed by atoms with Crippen LogP contribution in [-0.2, 0) is 44.3 Å². The lowest BCUT2D eigenvalue weighted by Crippen LogP contribution is -2.52. The number of morpholine rings is 1. The molecule has 2 aromatic heterocycles. The van der Waals surface area contributed by atoms with Gasteiger partial charge in [-0.25, -0.2) is 0 Å². The maximum absolute atomic E-state index is 15.3. The van der Waals surface area contributed by atoms with Gasteiger partial charge in [0.05, 0.1) is 30.9 Å². The highest BCUT2D eigenvalue weighted by Gasteiger charge is 2.36. The second kappa shape index (κ2) is 15.1. The van der Waals surface area contributed by atoms with E-state index in [1.807, 2.05) is 78.8 Å². The van der Waals surface area contributed by atoms with E-state index in [0.717, 1.165) is 96.5 Å². The fourth-order valence-corrected chi connectivity index (χ4v) is 9.30. The predicted octanol–water partition coefficient (Wildman–Crippen LogP) is 7.08. The van der Waals surface area contributed by atoms with Gasteiger partial charge < -0.3 is 33.4 Å². The number of nitrogens with zero attached hydrogens (tertiary/aromatic N) is 5. The number of ether oxygens (including phenoxy) is 3. The number of anilines is 2. The molecule has 0 spiro atoms. The van der Waals surface area contributed by atoms with Crippen molar-refractivity contribution in [1.29, 1.82) is 0 Å². The van der Waals surface area contributed by atoms with Gasteiger partial charge in [-0.2, -0.15) is 0 Å². The molecule has 1 N–H and O–H groups in total. The summed E-state index contributed by atoms with van der Waals surface area (Å²) in [6, 6.07) is 29.8. The number of aliphatic hydroxyl groups is 1. The Labute approximate surface area is 337 Å². The SMILES string of the molecule is Cn1ccc2cc(N(C(=O)c3cc(-c4cc5c(cc4C(=O)N4Cc6ccccc6C[C@H]4CN4CCOCC4)OCO5)n4c3CCCC4)c3ccc(CO)cc3)ccc21. The van der Waals surface area contributed by atoms with Crippen molar-refractivity contribution in [2.24, 2.45) is 7.05 Å². The second-order valence-electron chi connectivity index (χ2n) is 15.9. The predicted molar refractivity (Wildman–Crippen MR) is 222 cm³/mol. The molecule has 4 aliphatic rings. The molecule has 4 aliphatic heterocycles. The number of aromatic nitrogens is 2. The fraction of sp³-hybridized carbons (Fsp3) is 0.319. The van der Waals surface area contributed by atoms with Gasteiger partial charge in [-0.15, -0.1) is 0 Å². The third-order valence-corrected chi connectivity index (χ3v) is 12.4. The minimum absolute atomic E-state index is 0.0372. The number of hydrogen-bond acceptors (Lipinski definition) is 7. The van der Waals surface area contributed by atoms with E-state index in [0.29, 0.717) is 48.1 Å². The van der Waals surface area contributed by atoms with Crippen LogP contribution in [0.3, 0.4) is 0 Å². The lowest BCUT2D eigenvalue weighted by Gasteiger charge is -2.40. The van der Waals surface area contributed by atoms with Crippen LogP contribution in [0.2, 0.25) is 0 Å². The van der Waals surface area contributed by atoms with Crippen molar-refractivity contribution in [3.05, 3.63) is 131 Å². The van der Waals surface area contributed by atoms with E-state index in [9.17, 15) is 5.11 Å². The minimum Gasteiger partial charge on any atom is -0.454 e. The molecular weight excluding hydrogens is 731 g/mol. The molecule has 11 heteroatoms. The van der Waals surface area contributed by atoms with Crippen molar-refractivity contribution >= 4 is 34.1 Å². The normalized spacial score (nSPS) is 17.6. The van der Waals surface area contributed by atoms with Crippen LogP contribution in [0, 0.1) is 0 Å². The zero-order valence-electron chi connectivity index (χ0n) is 32.7. The first-order valence-corrected chi connectivity index (χ1v) is 20.4. The summed E-state index contributed by atoms with van der Waals surface area (Å²) in [6.45, 7) is 5.03. The van der Waals surface area contributed by atoms with Gasteiger partial charge in [-0.05, 0) is 97.0 Å². The molecular formula is C47H47N5O6. The summed E-state index contributed by atoms with van der Waals surface area (Å²) in [6.07, 6.45) is 5.42. The molecule has 58 heavy (non-hydrogen) atoms. The standard InChI is InChI=1S/C47H47N5O6/c1-48-17-15-33-23-36(13-14-41(33)48)52(35-11-9-31(29-53)10-12-35)47(55)40-24-43(50-16-5-4-8-42(40)50)38-25-44-45(58-30-57-44)26-39(38)46(54)51-27-34-7-3-2-6-32(34)22-37(51)28-49-18-20-56-21-19-49/h2-3,6-7,9-15,17,23-26,37,53H,4-5,8,16,18-22,27-30H2,1H3/t37-/m0/s1. The Bertz CT molecular complexity index is 2530. The van der Waals surface area contributed by atoms with Gasteiger partial charge in [-0.1, -0.05) is 36.4 Å². The second-order valence-corrected chi connectivity index (χ2v) is 15.9. The molecule has 10 rings (SSSR count). The van der Waals surface area contributed by atoms with Crippen LogP contribution < -0.4 is 14.4 Å². The summed E-state index contributed by atoms with van der Waals surface area (Å²) >= 11 is 0. The molecule has 0 bridgehead atoms. The van der Waals surface area contributed by atoms with E-state index in [2.05, 4.69) is 44.4 Å². The third kappa shape index (κ3) is 6.53. The number of benzene rings is 4. The lowest BCUT2D eigenvalue weighted by molar-refractivity contribution is 0.0193. The smallest absolute Gasteiger partial charge is 0.264 e. The molecule has 1 fully saturated rings. The summed E-state index contributed by atoms with van der Waals surface area (Å²) in [4.78, 5) is 36.8. The quantitative estimate of drug-likeness (QED) is 0.176. The summed E-state index contributed by atoms with van der Waals surface area (Å²) in [5, 5.41) is 10.9. The summed E-state index contributed by atoms with van der Waals surface area (Å²) in [5.41, 5.74) is 9.35. The Kier molecular flexibility index (Phi) is 9.51. The summed E-state index contributed by atoms with van der Waals surface area (Å²) in [7, 11) is 2.01. The number of aliphatic hydroxyl groups excluding tert-OH is 1. The van der Waals surface area contributed by atoms with Gasteiger partial charge in [0.1, 0.15) is 0 Å². The first kappa shape index (κ1) is 36.5. The Morgan fingerprint density at radius 3 is 2.41 bits per heavy atom. The first-order chi connectivity index (χ1) is 28.4.